The van der Waals surface area contributed by atoms with Crippen LogP contribution in [0.15, 0.2) is 146 Å². The SMILES string of the molecule is Oc1ccccc1-c1nc2c(-c3cccc(N(c4ccccn4)c4ccccc4-c4ccccc4)c3)cccc2s1. The van der Waals surface area contributed by atoms with Gasteiger partial charge < -0.3 is 5.11 Å². The lowest BCUT2D eigenvalue weighted by Gasteiger charge is -2.27. The molecular formula is C36H25N3OS. The number of aromatic hydroxyl groups is 1. The number of anilines is 3. The number of phenols is 1. The van der Waals surface area contributed by atoms with Crippen LogP contribution in [0, 0.1) is 0 Å². The number of hydrogen-bond donors (Lipinski definition) is 1. The van der Waals surface area contributed by atoms with Crippen LogP contribution in [-0.4, -0.2) is 15.1 Å². The van der Waals surface area contributed by atoms with Gasteiger partial charge in [-0.15, -0.1) is 11.3 Å². The van der Waals surface area contributed by atoms with Crippen LogP contribution >= 0.6 is 11.3 Å². The van der Waals surface area contributed by atoms with Crippen LogP contribution in [0.25, 0.3) is 43.0 Å². The molecule has 4 nitrogen and oxygen atoms in total. The molecule has 2 aromatic heterocycles. The summed E-state index contributed by atoms with van der Waals surface area (Å²) in [5.74, 6) is 1.07. The molecule has 0 atom stereocenters. The normalized spacial score (nSPS) is 11.0. The molecule has 2 heterocycles. The Morgan fingerprint density at radius 3 is 2.12 bits per heavy atom. The molecule has 5 aromatic carbocycles. The highest BCUT2D eigenvalue weighted by Crippen LogP contribution is 2.42. The number of benzene rings is 5. The van der Waals surface area contributed by atoms with Crippen molar-refractivity contribution in [2.24, 2.45) is 0 Å². The van der Waals surface area contributed by atoms with Crippen molar-refractivity contribution in [3.8, 4) is 38.6 Å². The Morgan fingerprint density at radius 1 is 0.585 bits per heavy atom. The summed E-state index contributed by atoms with van der Waals surface area (Å²) < 4.78 is 1.07. The molecule has 0 radical (unpaired) electrons. The Kier molecular flexibility index (Phi) is 6.47. The molecule has 7 aromatic rings. The summed E-state index contributed by atoms with van der Waals surface area (Å²) >= 11 is 1.59. The van der Waals surface area contributed by atoms with Gasteiger partial charge in [-0.3, -0.25) is 4.90 Å². The molecule has 0 aliphatic rings. The summed E-state index contributed by atoms with van der Waals surface area (Å²) in [6.45, 7) is 0. The molecule has 0 saturated heterocycles. The summed E-state index contributed by atoms with van der Waals surface area (Å²) in [5.41, 5.74) is 8.07. The molecule has 5 heteroatoms. The zero-order chi connectivity index (χ0) is 27.6. The summed E-state index contributed by atoms with van der Waals surface area (Å²) in [7, 11) is 0. The Hall–Kier alpha value is -5.26. The third-order valence-corrected chi connectivity index (χ3v) is 8.13. The minimum atomic E-state index is 0.234. The highest BCUT2D eigenvalue weighted by atomic mass is 32.1. The van der Waals surface area contributed by atoms with Crippen molar-refractivity contribution in [1.29, 1.82) is 0 Å². The average molecular weight is 548 g/mol. The van der Waals surface area contributed by atoms with E-state index in [-0.39, 0.29) is 5.75 Å². The van der Waals surface area contributed by atoms with E-state index in [1.165, 1.54) is 0 Å². The molecule has 0 spiro atoms. The van der Waals surface area contributed by atoms with Crippen molar-refractivity contribution in [3.63, 3.8) is 0 Å². The second-order valence-electron chi connectivity index (χ2n) is 9.65. The zero-order valence-corrected chi connectivity index (χ0v) is 22.9. The first-order valence-electron chi connectivity index (χ1n) is 13.4. The van der Waals surface area contributed by atoms with Gasteiger partial charge in [0.15, 0.2) is 0 Å². The smallest absolute Gasteiger partial charge is 0.137 e. The fourth-order valence-electron chi connectivity index (χ4n) is 5.17. The highest BCUT2D eigenvalue weighted by molar-refractivity contribution is 7.21. The third kappa shape index (κ3) is 4.73. The Labute approximate surface area is 242 Å². The maximum Gasteiger partial charge on any atom is 0.137 e. The number of para-hydroxylation sites is 3. The molecule has 0 aliphatic heterocycles. The molecule has 0 aliphatic carbocycles. The predicted molar refractivity (Wildman–Crippen MR) is 170 cm³/mol. The number of nitrogens with zero attached hydrogens (tertiary/aromatic N) is 3. The van der Waals surface area contributed by atoms with E-state index in [9.17, 15) is 5.11 Å². The first kappa shape index (κ1) is 24.8. The van der Waals surface area contributed by atoms with Crippen LogP contribution in [0.2, 0.25) is 0 Å². The van der Waals surface area contributed by atoms with Crippen molar-refractivity contribution in [3.05, 3.63) is 146 Å². The van der Waals surface area contributed by atoms with E-state index in [4.69, 9.17) is 9.97 Å². The van der Waals surface area contributed by atoms with Gasteiger partial charge in [0, 0.05) is 23.0 Å². The minimum Gasteiger partial charge on any atom is -0.507 e. The van der Waals surface area contributed by atoms with Gasteiger partial charge in [-0.25, -0.2) is 9.97 Å². The number of pyridine rings is 1. The summed E-state index contributed by atoms with van der Waals surface area (Å²) in [6.07, 6.45) is 1.83. The molecular weight excluding hydrogens is 522 g/mol. The van der Waals surface area contributed by atoms with E-state index in [1.54, 1.807) is 17.4 Å². The lowest BCUT2D eigenvalue weighted by molar-refractivity contribution is 0.477. The van der Waals surface area contributed by atoms with E-state index >= 15 is 0 Å². The summed E-state index contributed by atoms with van der Waals surface area (Å²) in [5, 5.41) is 11.2. The number of aromatic nitrogens is 2. The van der Waals surface area contributed by atoms with E-state index in [0.717, 1.165) is 60.2 Å². The van der Waals surface area contributed by atoms with Gasteiger partial charge in [-0.1, -0.05) is 91.0 Å². The van der Waals surface area contributed by atoms with Gasteiger partial charge in [0.1, 0.15) is 16.6 Å². The van der Waals surface area contributed by atoms with Gasteiger partial charge in [-0.2, -0.15) is 0 Å². The predicted octanol–water partition coefficient (Wildman–Crippen LogP) is 9.87. The lowest BCUT2D eigenvalue weighted by Crippen LogP contribution is -2.12. The van der Waals surface area contributed by atoms with Crippen LogP contribution in [0.5, 0.6) is 5.75 Å². The molecule has 0 unspecified atom stereocenters. The minimum absolute atomic E-state index is 0.234. The first-order valence-corrected chi connectivity index (χ1v) is 14.2. The monoisotopic (exact) mass is 547 g/mol. The largest absolute Gasteiger partial charge is 0.507 e. The molecule has 0 amide bonds. The lowest BCUT2D eigenvalue weighted by atomic mass is 10.0. The molecule has 1 N–H and O–H groups in total. The van der Waals surface area contributed by atoms with Crippen molar-refractivity contribution in [1.82, 2.24) is 9.97 Å². The topological polar surface area (TPSA) is 49.3 Å². The van der Waals surface area contributed by atoms with Crippen LogP contribution in [0.1, 0.15) is 0 Å². The highest BCUT2D eigenvalue weighted by Gasteiger charge is 2.19. The van der Waals surface area contributed by atoms with Crippen LogP contribution < -0.4 is 4.90 Å². The van der Waals surface area contributed by atoms with Crippen molar-refractivity contribution in [2.75, 3.05) is 4.90 Å². The maximum absolute atomic E-state index is 10.4. The average Bonchev–Trinajstić information content (AvgIpc) is 3.47. The number of thiazole rings is 1. The number of phenolic OH excluding ortho intramolecular Hbond substituents is 1. The molecule has 196 valence electrons. The number of fused-ring (bicyclic) bond motifs is 1. The molecule has 0 fully saturated rings. The number of hydrogen-bond acceptors (Lipinski definition) is 5. The van der Waals surface area contributed by atoms with E-state index in [0.29, 0.717) is 0 Å². The standard InChI is InChI=1S/C36H25N3OS/c40-32-20-7-5-17-30(32)36-38-35-29(18-11-21-33(35)41-36)26-14-10-15-27(24-26)39(34-22-8-9-23-37-34)31-19-6-4-16-28(31)25-12-2-1-3-13-25/h1-24,40H. The fourth-order valence-corrected chi connectivity index (χ4v) is 6.20. The summed E-state index contributed by atoms with van der Waals surface area (Å²) in [4.78, 5) is 12.0. The van der Waals surface area contributed by atoms with E-state index in [1.807, 2.05) is 48.7 Å². The first-order chi connectivity index (χ1) is 20.3. The second-order valence-corrected chi connectivity index (χ2v) is 10.7. The van der Waals surface area contributed by atoms with Gasteiger partial charge >= 0.3 is 0 Å². The quantitative estimate of drug-likeness (QED) is 0.225. The van der Waals surface area contributed by atoms with E-state index < -0.39 is 0 Å². The second kappa shape index (κ2) is 10.7. The van der Waals surface area contributed by atoms with Crippen LogP contribution in [-0.2, 0) is 0 Å². The maximum atomic E-state index is 10.4. The fraction of sp³-hybridized carbons (Fsp3) is 0. The van der Waals surface area contributed by atoms with Crippen molar-refractivity contribution < 1.29 is 5.11 Å². The molecule has 0 bridgehead atoms. The van der Waals surface area contributed by atoms with Gasteiger partial charge in [0.2, 0.25) is 0 Å². The Bertz CT molecular complexity index is 1970. The van der Waals surface area contributed by atoms with Gasteiger partial charge in [-0.05, 0) is 59.7 Å². The molecule has 0 saturated carbocycles. The van der Waals surface area contributed by atoms with Gasteiger partial charge in [0.05, 0.1) is 21.5 Å². The molecule has 7 rings (SSSR count). The zero-order valence-electron chi connectivity index (χ0n) is 22.1. The Balaban J connectivity index is 1.38. The van der Waals surface area contributed by atoms with Crippen molar-refractivity contribution in [2.45, 2.75) is 0 Å². The summed E-state index contributed by atoms with van der Waals surface area (Å²) in [6, 6.07) is 47.0. The molecule has 41 heavy (non-hydrogen) atoms. The van der Waals surface area contributed by atoms with Crippen LogP contribution in [0.3, 0.4) is 0 Å². The third-order valence-electron chi connectivity index (χ3n) is 7.08. The van der Waals surface area contributed by atoms with E-state index in [2.05, 4.69) is 95.9 Å². The van der Waals surface area contributed by atoms with Crippen molar-refractivity contribution >= 4 is 38.7 Å². The number of rotatable bonds is 6. The van der Waals surface area contributed by atoms with Gasteiger partial charge in [0.25, 0.3) is 0 Å². The van der Waals surface area contributed by atoms with Crippen LogP contribution in [0.4, 0.5) is 17.2 Å². The Morgan fingerprint density at radius 2 is 1.29 bits per heavy atom.